The van der Waals surface area contributed by atoms with Crippen molar-refractivity contribution in [2.75, 3.05) is 13.1 Å². The first-order chi connectivity index (χ1) is 14.2. The lowest BCUT2D eigenvalue weighted by atomic mass is 10.0. The van der Waals surface area contributed by atoms with E-state index in [2.05, 4.69) is 45.0 Å². The minimum absolute atomic E-state index is 0.0608. The van der Waals surface area contributed by atoms with E-state index < -0.39 is 0 Å². The molecule has 0 radical (unpaired) electrons. The normalized spacial score (nSPS) is 19.1. The molecule has 1 fully saturated rings. The second kappa shape index (κ2) is 8.96. The molecule has 1 saturated heterocycles. The molecule has 4 rings (SSSR count). The van der Waals surface area contributed by atoms with E-state index in [1.165, 1.54) is 15.9 Å². The Morgan fingerprint density at radius 3 is 2.55 bits per heavy atom. The van der Waals surface area contributed by atoms with Crippen molar-refractivity contribution >= 4 is 5.91 Å². The lowest BCUT2D eigenvalue weighted by Crippen LogP contribution is -3.12. The van der Waals surface area contributed by atoms with Gasteiger partial charge in [0.15, 0.2) is 0 Å². The Bertz CT molecular complexity index is 929. The van der Waals surface area contributed by atoms with Gasteiger partial charge in [-0.1, -0.05) is 60.2 Å². The molecule has 7 nitrogen and oxygen atoms in total. The predicted octanol–water partition coefficient (Wildman–Crippen LogP) is 1.01. The van der Waals surface area contributed by atoms with Gasteiger partial charge in [0.1, 0.15) is 13.1 Å². The molecule has 0 bridgehead atoms. The molecular formula is C22H27N6O+. The quantitative estimate of drug-likeness (QED) is 0.658. The molecule has 1 aliphatic rings. The van der Waals surface area contributed by atoms with Crippen LogP contribution in [0.25, 0.3) is 11.4 Å². The molecule has 1 amide bonds. The first-order valence-corrected chi connectivity index (χ1v) is 10.2. The Morgan fingerprint density at radius 2 is 1.83 bits per heavy atom. The minimum Gasteiger partial charge on any atom is -0.351 e. The summed E-state index contributed by atoms with van der Waals surface area (Å²) in [7, 11) is 0. The highest BCUT2D eigenvalue weighted by molar-refractivity contribution is 5.75. The van der Waals surface area contributed by atoms with Gasteiger partial charge >= 0.3 is 0 Å². The fraction of sp³-hybridized carbons (Fsp3) is 0.364. The van der Waals surface area contributed by atoms with Crippen molar-refractivity contribution in [1.29, 1.82) is 0 Å². The maximum absolute atomic E-state index is 12.4. The second-order valence-corrected chi connectivity index (χ2v) is 7.76. The number of carbonyl (C=O) groups excluding carboxylic acids is 1. The number of quaternary nitrogens is 1. The maximum atomic E-state index is 12.4. The zero-order valence-electron chi connectivity index (χ0n) is 16.7. The van der Waals surface area contributed by atoms with Crippen molar-refractivity contribution in [3.05, 3.63) is 65.7 Å². The average Bonchev–Trinajstić information content (AvgIpc) is 3.19. The zero-order valence-corrected chi connectivity index (χ0v) is 16.7. The van der Waals surface area contributed by atoms with Gasteiger partial charge in [0.05, 0.1) is 13.1 Å². The Morgan fingerprint density at radius 1 is 1.10 bits per heavy atom. The number of carbonyl (C=O) groups is 1. The van der Waals surface area contributed by atoms with Crippen LogP contribution in [0, 0.1) is 6.92 Å². The molecule has 0 unspecified atom stereocenters. The highest BCUT2D eigenvalue weighted by Gasteiger charge is 2.23. The fourth-order valence-electron chi connectivity index (χ4n) is 3.76. The Hall–Kier alpha value is -3.06. The van der Waals surface area contributed by atoms with E-state index in [1.54, 1.807) is 4.90 Å². The van der Waals surface area contributed by atoms with Crippen LogP contribution in [0.3, 0.4) is 0 Å². The second-order valence-electron chi connectivity index (χ2n) is 7.76. The average molecular weight is 391 g/mol. The number of piperidine rings is 1. The number of hydrogen-bond donors (Lipinski definition) is 2. The van der Waals surface area contributed by atoms with Crippen LogP contribution in [0.15, 0.2) is 54.6 Å². The van der Waals surface area contributed by atoms with Crippen molar-refractivity contribution in [2.24, 2.45) is 0 Å². The molecule has 29 heavy (non-hydrogen) atoms. The third kappa shape index (κ3) is 5.26. The topological polar surface area (TPSA) is 77.1 Å². The van der Waals surface area contributed by atoms with Crippen molar-refractivity contribution in [3.63, 3.8) is 0 Å². The zero-order chi connectivity index (χ0) is 20.1. The molecule has 2 aromatic carbocycles. The van der Waals surface area contributed by atoms with Crippen LogP contribution in [0.2, 0.25) is 0 Å². The fourth-order valence-corrected chi connectivity index (χ4v) is 3.76. The van der Waals surface area contributed by atoms with Crippen molar-refractivity contribution in [3.8, 4) is 11.4 Å². The van der Waals surface area contributed by atoms with E-state index in [0.717, 1.165) is 38.0 Å². The summed E-state index contributed by atoms with van der Waals surface area (Å²) in [5, 5.41) is 15.5. The van der Waals surface area contributed by atoms with Gasteiger partial charge in [-0.2, -0.15) is 4.80 Å². The molecule has 150 valence electrons. The van der Waals surface area contributed by atoms with Crippen molar-refractivity contribution < 1.29 is 9.69 Å². The smallest absolute Gasteiger partial charge is 0.243 e. The summed E-state index contributed by atoms with van der Waals surface area (Å²) in [5.41, 5.74) is 3.44. The first kappa shape index (κ1) is 19.3. The molecule has 0 saturated carbocycles. The van der Waals surface area contributed by atoms with Gasteiger partial charge in [-0.25, -0.2) is 0 Å². The van der Waals surface area contributed by atoms with Crippen molar-refractivity contribution in [1.82, 2.24) is 25.5 Å². The number of amides is 1. The Labute approximate surface area is 170 Å². The van der Waals surface area contributed by atoms with Gasteiger partial charge in [0.2, 0.25) is 11.7 Å². The Kier molecular flexibility index (Phi) is 5.95. The molecule has 7 heteroatoms. The summed E-state index contributed by atoms with van der Waals surface area (Å²) >= 11 is 0. The molecule has 2 N–H and O–H groups in total. The minimum atomic E-state index is -0.0608. The molecule has 0 atom stereocenters. The number of nitrogens with zero attached hydrogens (tertiary/aromatic N) is 4. The van der Waals surface area contributed by atoms with Gasteiger partial charge in [0.25, 0.3) is 0 Å². The molecule has 0 spiro atoms. The number of aryl methyl sites for hydroxylation is 1. The lowest BCUT2D eigenvalue weighted by molar-refractivity contribution is -0.918. The van der Waals surface area contributed by atoms with Crippen LogP contribution < -0.4 is 10.2 Å². The van der Waals surface area contributed by atoms with E-state index in [4.69, 9.17) is 0 Å². The molecule has 0 aliphatic carbocycles. The maximum Gasteiger partial charge on any atom is 0.243 e. The van der Waals surface area contributed by atoms with Gasteiger partial charge in [-0.15, -0.1) is 10.2 Å². The van der Waals surface area contributed by atoms with Crippen molar-refractivity contribution in [2.45, 2.75) is 38.9 Å². The number of likely N-dealkylation sites (tertiary alicyclic amines) is 1. The standard InChI is InChI=1S/C22H26N6O/c1-17-7-9-19(10-8-17)22-24-26-28(25-22)16-21(29)23-20-11-13-27(14-12-20)15-18-5-3-2-4-6-18/h2-10,20H,11-16H2,1H3,(H,23,29)/p+1. The van der Waals surface area contributed by atoms with E-state index in [0.29, 0.717) is 5.82 Å². The largest absolute Gasteiger partial charge is 0.351 e. The molecule has 3 aromatic rings. The number of tetrazole rings is 1. The predicted molar refractivity (Wildman–Crippen MR) is 110 cm³/mol. The van der Waals surface area contributed by atoms with Gasteiger partial charge in [0, 0.05) is 30.0 Å². The molecule has 1 aromatic heterocycles. The van der Waals surface area contributed by atoms with Gasteiger partial charge < -0.3 is 10.2 Å². The molecule has 1 aliphatic heterocycles. The third-order valence-electron chi connectivity index (χ3n) is 5.40. The first-order valence-electron chi connectivity index (χ1n) is 10.2. The van der Waals surface area contributed by atoms with Gasteiger partial charge in [-0.3, -0.25) is 4.79 Å². The summed E-state index contributed by atoms with van der Waals surface area (Å²) in [6.45, 7) is 5.31. The number of hydrogen-bond acceptors (Lipinski definition) is 4. The summed E-state index contributed by atoms with van der Waals surface area (Å²) < 4.78 is 0. The van der Waals surface area contributed by atoms with E-state index in [-0.39, 0.29) is 18.5 Å². The van der Waals surface area contributed by atoms with Gasteiger partial charge in [-0.05, 0) is 12.1 Å². The van der Waals surface area contributed by atoms with E-state index in [9.17, 15) is 4.79 Å². The highest BCUT2D eigenvalue weighted by Crippen LogP contribution is 2.13. The van der Waals surface area contributed by atoms with Crippen LogP contribution in [0.4, 0.5) is 0 Å². The summed E-state index contributed by atoms with van der Waals surface area (Å²) in [6.07, 6.45) is 1.99. The Balaban J connectivity index is 1.24. The van der Waals surface area contributed by atoms with Crippen LogP contribution in [-0.2, 0) is 17.9 Å². The van der Waals surface area contributed by atoms with Crippen LogP contribution >= 0.6 is 0 Å². The number of benzene rings is 2. The van der Waals surface area contributed by atoms with Crippen LogP contribution in [-0.4, -0.2) is 45.2 Å². The SMILES string of the molecule is Cc1ccc(-c2nnn(CC(=O)NC3CC[NH+](Cc4ccccc4)CC3)n2)cc1. The molecular weight excluding hydrogens is 364 g/mol. The summed E-state index contributed by atoms with van der Waals surface area (Å²) in [4.78, 5) is 15.3. The highest BCUT2D eigenvalue weighted by atomic mass is 16.2. The van der Waals surface area contributed by atoms with Crippen LogP contribution in [0.5, 0.6) is 0 Å². The van der Waals surface area contributed by atoms with Crippen LogP contribution in [0.1, 0.15) is 24.0 Å². The third-order valence-corrected chi connectivity index (χ3v) is 5.40. The lowest BCUT2D eigenvalue weighted by Gasteiger charge is -2.29. The molecule has 2 heterocycles. The number of aromatic nitrogens is 4. The summed E-state index contributed by atoms with van der Waals surface area (Å²) in [5.74, 6) is 0.477. The van der Waals surface area contributed by atoms with E-state index in [1.807, 2.05) is 37.3 Å². The number of rotatable bonds is 6. The van der Waals surface area contributed by atoms with E-state index >= 15 is 0 Å². The number of nitrogens with one attached hydrogen (secondary N) is 2. The summed E-state index contributed by atoms with van der Waals surface area (Å²) in [6, 6.07) is 18.7. The monoisotopic (exact) mass is 391 g/mol.